The molecule has 20 heavy (non-hydrogen) atoms. The fraction of sp³-hybridized carbons (Fsp3) is 0.312. The molecule has 0 aliphatic carbocycles. The quantitative estimate of drug-likeness (QED) is 0.910. The average Bonchev–Trinajstić information content (AvgIpc) is 2.45. The molecule has 0 aliphatic rings. The second-order valence-corrected chi connectivity index (χ2v) is 4.88. The summed E-state index contributed by atoms with van der Waals surface area (Å²) in [5, 5.41) is 9.74. The van der Waals surface area contributed by atoms with E-state index in [4.69, 9.17) is 0 Å². The molecule has 2 rings (SSSR count). The van der Waals surface area contributed by atoms with E-state index in [0.29, 0.717) is 5.56 Å². The standard InChI is InChI=1S/C16H19FN2O/c1-12(20)16-14(17)4-3-5-15(16)19(2)11-8-13-6-9-18-10-7-13/h3-7,9-10,12,20H,8,11H2,1-2H3. The van der Waals surface area contributed by atoms with Crippen LogP contribution >= 0.6 is 0 Å². The number of pyridine rings is 1. The molecule has 0 bridgehead atoms. The molecule has 0 aliphatic heterocycles. The zero-order valence-electron chi connectivity index (χ0n) is 11.8. The summed E-state index contributed by atoms with van der Waals surface area (Å²) in [6, 6.07) is 8.81. The molecule has 0 saturated heterocycles. The number of aliphatic hydroxyl groups excluding tert-OH is 1. The minimum absolute atomic E-state index is 0.352. The number of halogens is 1. The molecule has 0 radical (unpaired) electrons. The van der Waals surface area contributed by atoms with Crippen LogP contribution in [-0.2, 0) is 6.42 Å². The smallest absolute Gasteiger partial charge is 0.131 e. The van der Waals surface area contributed by atoms with Crippen LogP contribution in [0.5, 0.6) is 0 Å². The number of rotatable bonds is 5. The highest BCUT2D eigenvalue weighted by atomic mass is 19.1. The van der Waals surface area contributed by atoms with Gasteiger partial charge in [-0.3, -0.25) is 4.98 Å². The Balaban J connectivity index is 2.13. The first-order valence-electron chi connectivity index (χ1n) is 6.66. The van der Waals surface area contributed by atoms with Crippen LogP contribution in [0.2, 0.25) is 0 Å². The van der Waals surface area contributed by atoms with Gasteiger partial charge in [0.2, 0.25) is 0 Å². The topological polar surface area (TPSA) is 36.4 Å². The average molecular weight is 274 g/mol. The van der Waals surface area contributed by atoms with Crippen molar-refractivity contribution in [3.8, 4) is 0 Å². The van der Waals surface area contributed by atoms with Gasteiger partial charge in [-0.15, -0.1) is 0 Å². The fourth-order valence-electron chi connectivity index (χ4n) is 2.24. The van der Waals surface area contributed by atoms with Gasteiger partial charge in [0.15, 0.2) is 0 Å². The van der Waals surface area contributed by atoms with Crippen LogP contribution in [-0.4, -0.2) is 23.7 Å². The first-order chi connectivity index (χ1) is 9.59. The summed E-state index contributed by atoms with van der Waals surface area (Å²) in [4.78, 5) is 5.95. The highest BCUT2D eigenvalue weighted by Gasteiger charge is 2.16. The van der Waals surface area contributed by atoms with E-state index in [1.54, 1.807) is 25.4 Å². The van der Waals surface area contributed by atoms with Gasteiger partial charge in [0.25, 0.3) is 0 Å². The second kappa shape index (κ2) is 6.48. The van der Waals surface area contributed by atoms with Gasteiger partial charge in [0.05, 0.1) is 6.10 Å². The first kappa shape index (κ1) is 14.5. The Bertz CT molecular complexity index is 558. The zero-order valence-corrected chi connectivity index (χ0v) is 11.8. The van der Waals surface area contributed by atoms with Crippen molar-refractivity contribution in [2.75, 3.05) is 18.5 Å². The van der Waals surface area contributed by atoms with E-state index >= 15 is 0 Å². The van der Waals surface area contributed by atoms with E-state index in [2.05, 4.69) is 4.98 Å². The summed E-state index contributed by atoms with van der Waals surface area (Å²) in [5.74, 6) is -0.367. The summed E-state index contributed by atoms with van der Waals surface area (Å²) in [6.07, 6.45) is 3.54. The molecule has 0 spiro atoms. The van der Waals surface area contributed by atoms with Gasteiger partial charge in [-0.1, -0.05) is 6.07 Å². The molecule has 106 valence electrons. The van der Waals surface area contributed by atoms with Gasteiger partial charge >= 0.3 is 0 Å². The van der Waals surface area contributed by atoms with Crippen molar-refractivity contribution in [2.45, 2.75) is 19.4 Å². The third-order valence-corrected chi connectivity index (χ3v) is 3.34. The van der Waals surface area contributed by atoms with Crippen LogP contribution < -0.4 is 4.90 Å². The van der Waals surface area contributed by atoms with Gasteiger partial charge in [-0.25, -0.2) is 4.39 Å². The van der Waals surface area contributed by atoms with Gasteiger partial charge in [0, 0.05) is 37.2 Å². The Labute approximate surface area is 118 Å². The van der Waals surface area contributed by atoms with Gasteiger partial charge in [-0.2, -0.15) is 0 Å². The minimum atomic E-state index is -0.824. The number of nitrogens with zero attached hydrogens (tertiary/aromatic N) is 2. The molecule has 2 aromatic rings. The minimum Gasteiger partial charge on any atom is -0.389 e. The maximum absolute atomic E-state index is 13.8. The largest absolute Gasteiger partial charge is 0.389 e. The summed E-state index contributed by atoms with van der Waals surface area (Å²) in [5.41, 5.74) is 2.26. The Morgan fingerprint density at radius 2 is 1.95 bits per heavy atom. The van der Waals surface area contributed by atoms with Crippen molar-refractivity contribution < 1.29 is 9.50 Å². The Kier molecular flexibility index (Phi) is 4.69. The summed E-state index contributed by atoms with van der Waals surface area (Å²) in [6.45, 7) is 2.33. The number of aromatic nitrogens is 1. The fourth-order valence-corrected chi connectivity index (χ4v) is 2.24. The Morgan fingerprint density at radius 1 is 1.25 bits per heavy atom. The highest BCUT2D eigenvalue weighted by molar-refractivity contribution is 5.54. The van der Waals surface area contributed by atoms with E-state index in [-0.39, 0.29) is 5.82 Å². The highest BCUT2D eigenvalue weighted by Crippen LogP contribution is 2.28. The lowest BCUT2D eigenvalue weighted by atomic mass is 10.1. The van der Waals surface area contributed by atoms with Crippen LogP contribution in [0.3, 0.4) is 0 Å². The van der Waals surface area contributed by atoms with Crippen LogP contribution in [0.4, 0.5) is 10.1 Å². The maximum atomic E-state index is 13.8. The molecule has 1 aromatic heterocycles. The number of hydrogen-bond acceptors (Lipinski definition) is 3. The number of likely N-dealkylation sites (N-methyl/N-ethyl adjacent to an activating group) is 1. The van der Waals surface area contributed by atoms with Gasteiger partial charge in [0.1, 0.15) is 5.82 Å². The van der Waals surface area contributed by atoms with E-state index in [1.165, 1.54) is 11.6 Å². The Morgan fingerprint density at radius 3 is 2.60 bits per heavy atom. The number of aliphatic hydroxyl groups is 1. The predicted molar refractivity (Wildman–Crippen MR) is 78.2 cm³/mol. The zero-order chi connectivity index (χ0) is 14.5. The lowest BCUT2D eigenvalue weighted by molar-refractivity contribution is 0.194. The van der Waals surface area contributed by atoms with E-state index in [9.17, 15) is 9.50 Å². The molecule has 1 unspecified atom stereocenters. The number of benzene rings is 1. The normalized spacial score (nSPS) is 12.2. The molecular weight excluding hydrogens is 255 g/mol. The van der Waals surface area contributed by atoms with Crippen molar-refractivity contribution >= 4 is 5.69 Å². The van der Waals surface area contributed by atoms with E-state index < -0.39 is 6.10 Å². The van der Waals surface area contributed by atoms with Crippen LogP contribution in [0.15, 0.2) is 42.7 Å². The lowest BCUT2D eigenvalue weighted by Crippen LogP contribution is -2.22. The van der Waals surface area contributed by atoms with Crippen molar-refractivity contribution in [2.24, 2.45) is 0 Å². The monoisotopic (exact) mass is 274 g/mol. The summed E-state index contributed by atoms with van der Waals surface area (Å²) < 4.78 is 13.8. The molecule has 4 heteroatoms. The third kappa shape index (κ3) is 3.33. The van der Waals surface area contributed by atoms with Gasteiger partial charge < -0.3 is 10.0 Å². The number of anilines is 1. The third-order valence-electron chi connectivity index (χ3n) is 3.34. The molecular formula is C16H19FN2O. The predicted octanol–water partition coefficient (Wildman–Crippen LogP) is 2.95. The lowest BCUT2D eigenvalue weighted by Gasteiger charge is -2.24. The van der Waals surface area contributed by atoms with Crippen molar-refractivity contribution in [3.63, 3.8) is 0 Å². The molecule has 0 saturated carbocycles. The maximum Gasteiger partial charge on any atom is 0.131 e. The molecule has 1 heterocycles. The molecule has 0 amide bonds. The van der Waals surface area contributed by atoms with Crippen LogP contribution in [0.1, 0.15) is 24.2 Å². The molecule has 0 fully saturated rings. The second-order valence-electron chi connectivity index (χ2n) is 4.88. The summed E-state index contributed by atoms with van der Waals surface area (Å²) >= 11 is 0. The SMILES string of the molecule is CC(O)c1c(F)cccc1N(C)CCc1ccncc1. The van der Waals surface area contributed by atoms with Crippen molar-refractivity contribution in [3.05, 3.63) is 59.7 Å². The summed E-state index contributed by atoms with van der Waals surface area (Å²) in [7, 11) is 1.90. The molecule has 3 nitrogen and oxygen atoms in total. The van der Waals surface area contributed by atoms with E-state index in [0.717, 1.165) is 18.7 Å². The van der Waals surface area contributed by atoms with Crippen LogP contribution in [0.25, 0.3) is 0 Å². The van der Waals surface area contributed by atoms with E-state index in [1.807, 2.05) is 30.1 Å². The molecule has 1 N–H and O–H groups in total. The van der Waals surface area contributed by atoms with Gasteiger partial charge in [-0.05, 0) is 43.2 Å². The van der Waals surface area contributed by atoms with Crippen molar-refractivity contribution in [1.29, 1.82) is 0 Å². The molecule has 1 atom stereocenters. The molecule has 1 aromatic carbocycles. The van der Waals surface area contributed by atoms with Crippen LogP contribution in [0, 0.1) is 5.82 Å². The van der Waals surface area contributed by atoms with Crippen molar-refractivity contribution in [1.82, 2.24) is 4.98 Å². The number of hydrogen-bond donors (Lipinski definition) is 1. The Hall–Kier alpha value is -1.94. The first-order valence-corrected chi connectivity index (χ1v) is 6.66.